The van der Waals surface area contributed by atoms with Gasteiger partial charge in [0.15, 0.2) is 0 Å². The highest BCUT2D eigenvalue weighted by atomic mass is 16.3. The molecule has 7 aromatic rings. The van der Waals surface area contributed by atoms with E-state index in [1.807, 2.05) is 12.5 Å². The van der Waals surface area contributed by atoms with Crippen LogP contribution in [0.5, 0.6) is 0 Å². The Morgan fingerprint density at radius 1 is 0.575 bits per heavy atom. The maximum atomic E-state index is 5.75. The van der Waals surface area contributed by atoms with Gasteiger partial charge in [0.05, 0.1) is 23.0 Å². The molecule has 0 amide bonds. The number of rotatable bonds is 4. The first kappa shape index (κ1) is 22.9. The summed E-state index contributed by atoms with van der Waals surface area (Å²) in [5, 5.41) is 2.55. The van der Waals surface area contributed by atoms with Crippen molar-refractivity contribution in [3.63, 3.8) is 0 Å². The molecule has 5 aromatic carbocycles. The molecular formula is C37H28N2O. The van der Waals surface area contributed by atoms with Crippen LogP contribution in [0.4, 0.5) is 17.1 Å². The second-order valence-electron chi connectivity index (χ2n) is 11.1. The molecule has 3 heteroatoms. The SMILES string of the molecule is CC1(C)c2cocc2-n2c3ccc(-c4ccc(N(c5ccccc5)c5ccccc5)cc4)cc3c3cccc1c32. The highest BCUT2D eigenvalue weighted by Gasteiger charge is 2.36. The van der Waals surface area contributed by atoms with Crippen molar-refractivity contribution in [1.82, 2.24) is 4.57 Å². The molecule has 2 aromatic heterocycles. The fourth-order valence-electron chi connectivity index (χ4n) is 6.48. The number of hydrogen-bond donors (Lipinski definition) is 0. The zero-order chi connectivity index (χ0) is 26.8. The maximum absolute atomic E-state index is 5.75. The molecule has 0 unspecified atom stereocenters. The van der Waals surface area contributed by atoms with Gasteiger partial charge >= 0.3 is 0 Å². The molecule has 40 heavy (non-hydrogen) atoms. The van der Waals surface area contributed by atoms with Gasteiger partial charge in [-0.15, -0.1) is 0 Å². The molecular weight excluding hydrogens is 488 g/mol. The van der Waals surface area contributed by atoms with Crippen LogP contribution in [-0.4, -0.2) is 4.57 Å². The smallest absolute Gasteiger partial charge is 0.115 e. The van der Waals surface area contributed by atoms with Crippen LogP contribution in [0.25, 0.3) is 38.6 Å². The molecule has 8 rings (SSSR count). The third-order valence-corrected chi connectivity index (χ3v) is 8.50. The normalized spacial score (nSPS) is 13.4. The van der Waals surface area contributed by atoms with Gasteiger partial charge in [-0.2, -0.15) is 0 Å². The number of anilines is 3. The van der Waals surface area contributed by atoms with E-state index in [2.05, 4.69) is 145 Å². The molecule has 1 aliphatic rings. The van der Waals surface area contributed by atoms with E-state index >= 15 is 0 Å². The number of para-hydroxylation sites is 3. The summed E-state index contributed by atoms with van der Waals surface area (Å²) in [6.07, 6.45) is 3.80. The van der Waals surface area contributed by atoms with Crippen LogP contribution in [0, 0.1) is 0 Å². The summed E-state index contributed by atoms with van der Waals surface area (Å²) in [6, 6.07) is 43.5. The summed E-state index contributed by atoms with van der Waals surface area (Å²) in [5.41, 5.74) is 11.9. The molecule has 0 fully saturated rings. The van der Waals surface area contributed by atoms with Gasteiger partial charge in [0.25, 0.3) is 0 Å². The fourth-order valence-corrected chi connectivity index (χ4v) is 6.48. The van der Waals surface area contributed by atoms with Crippen LogP contribution in [0.2, 0.25) is 0 Å². The largest absolute Gasteiger partial charge is 0.470 e. The Balaban J connectivity index is 1.26. The monoisotopic (exact) mass is 516 g/mol. The summed E-state index contributed by atoms with van der Waals surface area (Å²) >= 11 is 0. The molecule has 0 radical (unpaired) electrons. The first-order valence-electron chi connectivity index (χ1n) is 13.8. The summed E-state index contributed by atoms with van der Waals surface area (Å²) in [6.45, 7) is 4.58. The fraction of sp³-hybridized carbons (Fsp3) is 0.0811. The van der Waals surface area contributed by atoms with E-state index < -0.39 is 0 Å². The Labute approximate surface area is 233 Å². The van der Waals surface area contributed by atoms with Gasteiger partial charge in [-0.1, -0.05) is 86.6 Å². The van der Waals surface area contributed by atoms with E-state index in [-0.39, 0.29) is 5.41 Å². The predicted molar refractivity (Wildman–Crippen MR) is 165 cm³/mol. The quantitative estimate of drug-likeness (QED) is 0.232. The zero-order valence-electron chi connectivity index (χ0n) is 22.5. The molecule has 3 heterocycles. The van der Waals surface area contributed by atoms with Crippen molar-refractivity contribution in [3.05, 3.63) is 145 Å². The molecule has 1 aliphatic heterocycles. The van der Waals surface area contributed by atoms with E-state index in [4.69, 9.17) is 4.42 Å². The van der Waals surface area contributed by atoms with Crippen LogP contribution < -0.4 is 4.90 Å². The summed E-state index contributed by atoms with van der Waals surface area (Å²) in [5.74, 6) is 0. The Morgan fingerprint density at radius 2 is 1.23 bits per heavy atom. The van der Waals surface area contributed by atoms with Crippen molar-refractivity contribution in [1.29, 1.82) is 0 Å². The van der Waals surface area contributed by atoms with Gasteiger partial charge in [0.2, 0.25) is 0 Å². The third-order valence-electron chi connectivity index (χ3n) is 8.50. The van der Waals surface area contributed by atoms with Crippen LogP contribution in [0.15, 0.2) is 138 Å². The van der Waals surface area contributed by atoms with E-state index in [0.29, 0.717) is 0 Å². The molecule has 0 saturated carbocycles. The molecule has 0 aliphatic carbocycles. The Morgan fingerprint density at radius 3 is 1.93 bits per heavy atom. The molecule has 0 atom stereocenters. The average Bonchev–Trinajstić information content (AvgIpc) is 3.62. The number of furan rings is 1. The van der Waals surface area contributed by atoms with Gasteiger partial charge in [-0.3, -0.25) is 0 Å². The lowest BCUT2D eigenvalue weighted by atomic mass is 9.76. The van der Waals surface area contributed by atoms with E-state index in [1.165, 1.54) is 44.1 Å². The predicted octanol–water partition coefficient (Wildman–Crippen LogP) is 10.2. The minimum absolute atomic E-state index is 0.117. The minimum atomic E-state index is -0.117. The molecule has 3 nitrogen and oxygen atoms in total. The average molecular weight is 517 g/mol. The molecule has 0 spiro atoms. The second kappa shape index (κ2) is 8.49. The topological polar surface area (TPSA) is 21.3 Å². The number of aromatic nitrogens is 1. The summed E-state index contributed by atoms with van der Waals surface area (Å²) in [7, 11) is 0. The van der Waals surface area contributed by atoms with Crippen molar-refractivity contribution in [2.45, 2.75) is 19.3 Å². The van der Waals surface area contributed by atoms with Gasteiger partial charge in [0.1, 0.15) is 6.26 Å². The maximum Gasteiger partial charge on any atom is 0.115 e. The zero-order valence-corrected chi connectivity index (χ0v) is 22.5. The van der Waals surface area contributed by atoms with Crippen LogP contribution in [-0.2, 0) is 5.41 Å². The van der Waals surface area contributed by atoms with E-state index in [0.717, 1.165) is 22.7 Å². The summed E-state index contributed by atoms with van der Waals surface area (Å²) in [4.78, 5) is 2.29. The van der Waals surface area contributed by atoms with Crippen LogP contribution in [0.1, 0.15) is 25.0 Å². The van der Waals surface area contributed by atoms with Crippen molar-refractivity contribution in [3.8, 4) is 16.8 Å². The molecule has 0 N–H and O–H groups in total. The number of hydrogen-bond acceptors (Lipinski definition) is 2. The molecule has 0 bridgehead atoms. The van der Waals surface area contributed by atoms with Gasteiger partial charge in [-0.25, -0.2) is 0 Å². The Bertz CT molecular complexity index is 1970. The number of fused-ring (bicyclic) bond motifs is 5. The highest BCUT2D eigenvalue weighted by Crippen LogP contribution is 2.48. The Hall–Kier alpha value is -5.02. The van der Waals surface area contributed by atoms with Crippen molar-refractivity contribution < 1.29 is 4.42 Å². The number of nitrogens with zero attached hydrogens (tertiary/aromatic N) is 2. The standard InChI is InChI=1S/C37H28N2O/c1-37(2)32-15-9-14-30-31-22-26(18-21-34(31)39(36(30)32)35-24-40-23-33(35)37)25-16-19-29(20-17-25)38(27-10-5-3-6-11-27)28-12-7-4-8-13-28/h3-24H,1-2H3. The first-order chi connectivity index (χ1) is 19.6. The lowest BCUT2D eigenvalue weighted by Gasteiger charge is -2.31. The van der Waals surface area contributed by atoms with Crippen molar-refractivity contribution >= 4 is 38.9 Å². The number of benzene rings is 5. The van der Waals surface area contributed by atoms with Crippen molar-refractivity contribution in [2.24, 2.45) is 0 Å². The summed E-state index contributed by atoms with van der Waals surface area (Å²) < 4.78 is 8.13. The molecule has 192 valence electrons. The van der Waals surface area contributed by atoms with Crippen molar-refractivity contribution in [2.75, 3.05) is 4.90 Å². The lowest BCUT2D eigenvalue weighted by Crippen LogP contribution is -2.24. The highest BCUT2D eigenvalue weighted by molar-refractivity contribution is 6.12. The van der Waals surface area contributed by atoms with Gasteiger partial charge < -0.3 is 13.9 Å². The van der Waals surface area contributed by atoms with Gasteiger partial charge in [-0.05, 0) is 65.2 Å². The third kappa shape index (κ3) is 3.24. The van der Waals surface area contributed by atoms with Gasteiger partial charge in [0, 0.05) is 38.8 Å². The van der Waals surface area contributed by atoms with E-state index in [1.54, 1.807) is 0 Å². The Kier molecular flexibility index (Phi) is 4.86. The minimum Gasteiger partial charge on any atom is -0.470 e. The first-order valence-corrected chi connectivity index (χ1v) is 13.8. The second-order valence-corrected chi connectivity index (χ2v) is 11.1. The lowest BCUT2D eigenvalue weighted by molar-refractivity contribution is 0.550. The van der Waals surface area contributed by atoms with Crippen LogP contribution in [0.3, 0.4) is 0 Å². The van der Waals surface area contributed by atoms with E-state index in [9.17, 15) is 0 Å². The molecule has 0 saturated heterocycles. The van der Waals surface area contributed by atoms with Crippen LogP contribution >= 0.6 is 0 Å².